The molecule has 1 aromatic carbocycles. The lowest BCUT2D eigenvalue weighted by Crippen LogP contribution is -2.43. The van der Waals surface area contributed by atoms with Gasteiger partial charge >= 0.3 is 12.1 Å². The van der Waals surface area contributed by atoms with Crippen molar-refractivity contribution in [3.05, 3.63) is 35.6 Å². The molecule has 2 unspecified atom stereocenters. The van der Waals surface area contributed by atoms with Gasteiger partial charge in [-0.25, -0.2) is 14.0 Å². The number of amides is 1. The molecule has 2 atom stereocenters. The second kappa shape index (κ2) is 5.94. The summed E-state index contributed by atoms with van der Waals surface area (Å²) in [7, 11) is 0. The molecule has 0 aliphatic carbocycles. The Morgan fingerprint density at radius 2 is 1.86 bits per heavy atom. The zero-order valence-electron chi connectivity index (χ0n) is 12.9. The molecule has 22 heavy (non-hydrogen) atoms. The van der Waals surface area contributed by atoms with E-state index in [0.29, 0.717) is 6.42 Å². The van der Waals surface area contributed by atoms with Gasteiger partial charge in [-0.1, -0.05) is 12.1 Å². The Bertz CT molecular complexity index is 565. The molecule has 0 saturated carbocycles. The van der Waals surface area contributed by atoms with Crippen LogP contribution in [0.25, 0.3) is 0 Å². The molecular formula is C16H20FNO4. The first kappa shape index (κ1) is 16.3. The van der Waals surface area contributed by atoms with Gasteiger partial charge in [-0.2, -0.15) is 0 Å². The SMILES string of the molecule is CC(C)(C)OC(=O)N1CC(c2ccc(F)cc2)CC1C(=O)O. The lowest BCUT2D eigenvalue weighted by Gasteiger charge is -2.26. The summed E-state index contributed by atoms with van der Waals surface area (Å²) < 4.78 is 18.3. The van der Waals surface area contributed by atoms with Crippen molar-refractivity contribution < 1.29 is 23.8 Å². The van der Waals surface area contributed by atoms with Gasteiger partial charge in [-0.05, 0) is 44.9 Å². The highest BCUT2D eigenvalue weighted by atomic mass is 19.1. The Hall–Kier alpha value is -2.11. The van der Waals surface area contributed by atoms with Crippen molar-refractivity contribution in [3.8, 4) is 0 Å². The Morgan fingerprint density at radius 1 is 1.27 bits per heavy atom. The van der Waals surface area contributed by atoms with Gasteiger partial charge in [0.25, 0.3) is 0 Å². The van der Waals surface area contributed by atoms with Crippen LogP contribution in [0.1, 0.15) is 38.7 Å². The molecule has 6 heteroatoms. The van der Waals surface area contributed by atoms with E-state index in [2.05, 4.69) is 0 Å². The highest BCUT2D eigenvalue weighted by Gasteiger charge is 2.41. The maximum atomic E-state index is 13.0. The van der Waals surface area contributed by atoms with Crippen LogP contribution >= 0.6 is 0 Å². The third-order valence-electron chi connectivity index (χ3n) is 3.56. The van der Waals surface area contributed by atoms with Crippen molar-refractivity contribution in [2.45, 2.75) is 44.8 Å². The number of carbonyl (C=O) groups excluding carboxylic acids is 1. The fourth-order valence-electron chi connectivity index (χ4n) is 2.57. The fraction of sp³-hybridized carbons (Fsp3) is 0.500. The Balaban J connectivity index is 2.17. The standard InChI is InChI=1S/C16H20FNO4/c1-16(2,3)22-15(21)18-9-11(8-13(18)14(19)20)10-4-6-12(17)7-5-10/h4-7,11,13H,8-9H2,1-3H3,(H,19,20). The molecule has 0 spiro atoms. The maximum absolute atomic E-state index is 13.0. The highest BCUT2D eigenvalue weighted by Crippen LogP contribution is 2.33. The summed E-state index contributed by atoms with van der Waals surface area (Å²) in [5, 5.41) is 9.33. The van der Waals surface area contributed by atoms with Gasteiger partial charge in [0.1, 0.15) is 17.5 Å². The number of likely N-dealkylation sites (tertiary alicyclic amines) is 1. The number of nitrogens with zero attached hydrogens (tertiary/aromatic N) is 1. The largest absolute Gasteiger partial charge is 0.480 e. The first-order valence-electron chi connectivity index (χ1n) is 7.15. The van der Waals surface area contributed by atoms with Crippen molar-refractivity contribution in [2.24, 2.45) is 0 Å². The number of hydrogen-bond donors (Lipinski definition) is 1. The van der Waals surface area contributed by atoms with Gasteiger partial charge in [0.15, 0.2) is 0 Å². The van der Waals surface area contributed by atoms with Crippen LogP contribution in [0.5, 0.6) is 0 Å². The quantitative estimate of drug-likeness (QED) is 0.912. The number of ether oxygens (including phenoxy) is 1. The van der Waals surface area contributed by atoms with Crippen LogP contribution in [0.2, 0.25) is 0 Å². The second-order valence-corrected chi connectivity index (χ2v) is 6.47. The molecule has 1 N–H and O–H groups in total. The van der Waals surface area contributed by atoms with E-state index in [4.69, 9.17) is 4.74 Å². The van der Waals surface area contributed by atoms with Crippen molar-refractivity contribution in [2.75, 3.05) is 6.54 Å². The van der Waals surface area contributed by atoms with E-state index >= 15 is 0 Å². The molecule has 1 aliphatic heterocycles. The highest BCUT2D eigenvalue weighted by molar-refractivity contribution is 5.81. The van der Waals surface area contributed by atoms with Crippen molar-refractivity contribution in [3.63, 3.8) is 0 Å². The van der Waals surface area contributed by atoms with E-state index in [9.17, 15) is 19.1 Å². The number of aliphatic carboxylic acids is 1. The molecule has 0 radical (unpaired) electrons. The van der Waals surface area contributed by atoms with Crippen LogP contribution in [0.15, 0.2) is 24.3 Å². The first-order chi connectivity index (χ1) is 10.2. The lowest BCUT2D eigenvalue weighted by atomic mass is 9.96. The molecule has 1 amide bonds. The topological polar surface area (TPSA) is 66.8 Å². The number of carboxylic acids is 1. The molecule has 0 aromatic heterocycles. The number of carbonyl (C=O) groups is 2. The van der Waals surface area contributed by atoms with Crippen molar-refractivity contribution in [1.29, 1.82) is 0 Å². The molecule has 120 valence electrons. The molecule has 1 aliphatic rings. The Kier molecular flexibility index (Phi) is 4.39. The summed E-state index contributed by atoms with van der Waals surface area (Å²) in [6.45, 7) is 5.44. The molecule has 0 bridgehead atoms. The van der Waals surface area contributed by atoms with Gasteiger partial charge < -0.3 is 9.84 Å². The first-order valence-corrected chi connectivity index (χ1v) is 7.15. The molecule has 1 saturated heterocycles. The summed E-state index contributed by atoms with van der Waals surface area (Å²) >= 11 is 0. The monoisotopic (exact) mass is 309 g/mol. The van der Waals surface area contributed by atoms with Crippen LogP contribution in [0.3, 0.4) is 0 Å². The molecule has 1 heterocycles. The normalized spacial score (nSPS) is 21.7. The van der Waals surface area contributed by atoms with Crippen molar-refractivity contribution >= 4 is 12.1 Å². The maximum Gasteiger partial charge on any atom is 0.411 e. The number of benzene rings is 1. The van der Waals surface area contributed by atoms with Crippen LogP contribution in [0, 0.1) is 5.82 Å². The minimum absolute atomic E-state index is 0.144. The van der Waals surface area contributed by atoms with E-state index in [1.165, 1.54) is 17.0 Å². The zero-order valence-corrected chi connectivity index (χ0v) is 12.9. The number of halogens is 1. The molecule has 1 fully saturated rings. The van der Waals surface area contributed by atoms with E-state index < -0.39 is 23.7 Å². The van der Waals surface area contributed by atoms with Gasteiger partial charge in [0, 0.05) is 12.5 Å². The van der Waals surface area contributed by atoms with Crippen LogP contribution in [-0.2, 0) is 9.53 Å². The summed E-state index contributed by atoms with van der Waals surface area (Å²) in [6, 6.07) is 4.99. The molecule has 1 aromatic rings. The van der Waals surface area contributed by atoms with Gasteiger partial charge in [-0.3, -0.25) is 4.90 Å². The van der Waals surface area contributed by atoms with Crippen LogP contribution < -0.4 is 0 Å². The van der Waals surface area contributed by atoms with E-state index in [1.807, 2.05) is 0 Å². The zero-order chi connectivity index (χ0) is 16.5. The predicted molar refractivity (Wildman–Crippen MR) is 78.1 cm³/mol. The van der Waals surface area contributed by atoms with E-state index in [1.54, 1.807) is 32.9 Å². The van der Waals surface area contributed by atoms with Crippen molar-refractivity contribution in [1.82, 2.24) is 4.90 Å². The van der Waals surface area contributed by atoms with Gasteiger partial charge in [0.05, 0.1) is 0 Å². The summed E-state index contributed by atoms with van der Waals surface area (Å²) in [5.41, 5.74) is 0.132. The molecular weight excluding hydrogens is 289 g/mol. The number of hydrogen-bond acceptors (Lipinski definition) is 3. The Labute approximate surface area is 128 Å². The lowest BCUT2D eigenvalue weighted by molar-refractivity contribution is -0.142. The van der Waals surface area contributed by atoms with E-state index in [-0.39, 0.29) is 18.3 Å². The summed E-state index contributed by atoms with van der Waals surface area (Å²) in [6.07, 6.45) is -0.343. The van der Waals surface area contributed by atoms with Crippen LogP contribution in [-0.4, -0.2) is 40.3 Å². The minimum Gasteiger partial charge on any atom is -0.480 e. The molecule has 2 rings (SSSR count). The van der Waals surface area contributed by atoms with Gasteiger partial charge in [0.2, 0.25) is 0 Å². The number of rotatable bonds is 2. The average Bonchev–Trinajstić information content (AvgIpc) is 2.83. The van der Waals surface area contributed by atoms with E-state index in [0.717, 1.165) is 5.56 Å². The van der Waals surface area contributed by atoms with Crippen LogP contribution in [0.4, 0.5) is 9.18 Å². The minimum atomic E-state index is -1.06. The summed E-state index contributed by atoms with van der Waals surface area (Å²) in [4.78, 5) is 24.8. The predicted octanol–water partition coefficient (Wildman–Crippen LogP) is 3.00. The Morgan fingerprint density at radius 3 is 2.36 bits per heavy atom. The summed E-state index contributed by atoms with van der Waals surface area (Å²) in [5.74, 6) is -1.55. The fourth-order valence-corrected chi connectivity index (χ4v) is 2.57. The second-order valence-electron chi connectivity index (χ2n) is 6.47. The smallest absolute Gasteiger partial charge is 0.411 e. The average molecular weight is 309 g/mol. The third-order valence-corrected chi connectivity index (χ3v) is 3.56. The van der Waals surface area contributed by atoms with Gasteiger partial charge in [-0.15, -0.1) is 0 Å². The molecule has 5 nitrogen and oxygen atoms in total. The third kappa shape index (κ3) is 3.75. The number of carboxylic acid groups (broad SMARTS) is 1.